The standard InChI is InChI=1S/C20H28N2O3/c1-3-24-14-20(2)12-11-15-13-17(9-10-18(15)25-20)22-19(23)21-16-7-5-4-6-8-16/h9-13,16H,3-8,14H2,1-2H3,(H2,21,22,23). The molecule has 5 nitrogen and oxygen atoms in total. The molecule has 0 spiro atoms. The first-order chi connectivity index (χ1) is 12.1. The highest BCUT2D eigenvalue weighted by molar-refractivity contribution is 5.90. The Morgan fingerprint density at radius 2 is 2.12 bits per heavy atom. The summed E-state index contributed by atoms with van der Waals surface area (Å²) in [6.45, 7) is 5.16. The van der Waals surface area contributed by atoms with Crippen LogP contribution in [-0.2, 0) is 4.74 Å². The predicted octanol–water partition coefficient (Wildman–Crippen LogP) is 4.34. The monoisotopic (exact) mass is 344 g/mol. The number of fused-ring (bicyclic) bond motifs is 1. The number of anilines is 1. The normalized spacial score (nSPS) is 22.8. The summed E-state index contributed by atoms with van der Waals surface area (Å²) in [6.07, 6.45) is 9.87. The van der Waals surface area contributed by atoms with E-state index >= 15 is 0 Å². The van der Waals surface area contributed by atoms with E-state index in [9.17, 15) is 4.79 Å². The first-order valence-electron chi connectivity index (χ1n) is 9.25. The number of carbonyl (C=O) groups excluding carboxylic acids is 1. The molecule has 0 saturated heterocycles. The second kappa shape index (κ2) is 7.91. The predicted molar refractivity (Wildman–Crippen MR) is 100 cm³/mol. The average molecular weight is 344 g/mol. The molecule has 1 fully saturated rings. The molecule has 1 aliphatic carbocycles. The smallest absolute Gasteiger partial charge is 0.319 e. The Bertz CT molecular complexity index is 638. The molecule has 0 bridgehead atoms. The number of hydrogen-bond acceptors (Lipinski definition) is 3. The molecule has 1 aromatic carbocycles. The van der Waals surface area contributed by atoms with Crippen molar-refractivity contribution in [1.82, 2.24) is 5.32 Å². The van der Waals surface area contributed by atoms with Crippen LogP contribution >= 0.6 is 0 Å². The lowest BCUT2D eigenvalue weighted by Crippen LogP contribution is -2.39. The summed E-state index contributed by atoms with van der Waals surface area (Å²) in [5.74, 6) is 0.808. The van der Waals surface area contributed by atoms with Gasteiger partial charge in [0.05, 0.1) is 6.61 Å². The van der Waals surface area contributed by atoms with E-state index in [0.29, 0.717) is 19.3 Å². The van der Waals surface area contributed by atoms with Crippen molar-refractivity contribution in [1.29, 1.82) is 0 Å². The fraction of sp³-hybridized carbons (Fsp3) is 0.550. The molecular formula is C20H28N2O3. The van der Waals surface area contributed by atoms with Gasteiger partial charge in [0.2, 0.25) is 0 Å². The molecule has 1 atom stereocenters. The van der Waals surface area contributed by atoms with Crippen LogP contribution < -0.4 is 15.4 Å². The van der Waals surface area contributed by atoms with E-state index in [1.54, 1.807) is 0 Å². The van der Waals surface area contributed by atoms with Gasteiger partial charge in [-0.1, -0.05) is 25.3 Å². The lowest BCUT2D eigenvalue weighted by molar-refractivity contribution is 0.0188. The third-order valence-electron chi connectivity index (χ3n) is 4.76. The number of rotatable bonds is 5. The topological polar surface area (TPSA) is 59.6 Å². The largest absolute Gasteiger partial charge is 0.480 e. The molecule has 2 aliphatic rings. The van der Waals surface area contributed by atoms with E-state index in [4.69, 9.17) is 9.47 Å². The van der Waals surface area contributed by atoms with E-state index in [2.05, 4.69) is 10.6 Å². The van der Waals surface area contributed by atoms with Crippen LogP contribution in [0.25, 0.3) is 6.08 Å². The van der Waals surface area contributed by atoms with Gasteiger partial charge in [-0.05, 0) is 51.0 Å². The molecule has 25 heavy (non-hydrogen) atoms. The van der Waals surface area contributed by atoms with Crippen molar-refractivity contribution in [2.45, 2.75) is 57.6 Å². The van der Waals surface area contributed by atoms with Gasteiger partial charge in [-0.25, -0.2) is 4.79 Å². The highest BCUT2D eigenvalue weighted by Gasteiger charge is 2.27. The quantitative estimate of drug-likeness (QED) is 0.835. The molecule has 2 N–H and O–H groups in total. The van der Waals surface area contributed by atoms with Crippen molar-refractivity contribution in [3.05, 3.63) is 29.8 Å². The van der Waals surface area contributed by atoms with Crippen LogP contribution in [0.1, 0.15) is 51.5 Å². The Balaban J connectivity index is 1.60. The van der Waals surface area contributed by atoms with Crippen LogP contribution in [0.2, 0.25) is 0 Å². The molecule has 1 aromatic rings. The van der Waals surface area contributed by atoms with Crippen LogP contribution in [0.3, 0.4) is 0 Å². The van der Waals surface area contributed by atoms with Crippen molar-refractivity contribution >= 4 is 17.8 Å². The first kappa shape index (κ1) is 17.8. The number of amides is 2. The molecule has 0 aromatic heterocycles. The Labute approximate surface area is 149 Å². The second-order valence-corrected chi connectivity index (χ2v) is 7.07. The van der Waals surface area contributed by atoms with E-state index in [0.717, 1.165) is 29.8 Å². The zero-order chi connectivity index (χ0) is 17.7. The number of hydrogen-bond donors (Lipinski definition) is 2. The molecule has 0 radical (unpaired) electrons. The lowest BCUT2D eigenvalue weighted by atomic mass is 9.96. The first-order valence-corrected chi connectivity index (χ1v) is 9.25. The molecule has 1 aliphatic heterocycles. The van der Waals surface area contributed by atoms with E-state index in [1.165, 1.54) is 19.3 Å². The Morgan fingerprint density at radius 1 is 1.32 bits per heavy atom. The lowest BCUT2D eigenvalue weighted by Gasteiger charge is -2.31. The third-order valence-corrected chi connectivity index (χ3v) is 4.76. The highest BCUT2D eigenvalue weighted by atomic mass is 16.5. The van der Waals surface area contributed by atoms with Gasteiger partial charge in [0.25, 0.3) is 0 Å². The average Bonchev–Trinajstić information content (AvgIpc) is 2.61. The van der Waals surface area contributed by atoms with Gasteiger partial charge < -0.3 is 20.1 Å². The van der Waals surface area contributed by atoms with Gasteiger partial charge in [0.15, 0.2) is 0 Å². The Morgan fingerprint density at radius 3 is 2.88 bits per heavy atom. The molecule has 136 valence electrons. The second-order valence-electron chi connectivity index (χ2n) is 7.07. The maximum absolute atomic E-state index is 12.2. The van der Waals surface area contributed by atoms with Gasteiger partial charge in [-0.15, -0.1) is 0 Å². The minimum atomic E-state index is -0.448. The van der Waals surface area contributed by atoms with E-state index < -0.39 is 5.60 Å². The van der Waals surface area contributed by atoms with Crippen LogP contribution in [0.4, 0.5) is 10.5 Å². The Hall–Kier alpha value is -2.01. The summed E-state index contributed by atoms with van der Waals surface area (Å²) in [5, 5.41) is 6.00. The molecule has 1 saturated carbocycles. The van der Waals surface area contributed by atoms with Crippen LogP contribution in [0, 0.1) is 0 Å². The van der Waals surface area contributed by atoms with Crippen molar-refractivity contribution in [2.75, 3.05) is 18.5 Å². The fourth-order valence-electron chi connectivity index (χ4n) is 3.38. The fourth-order valence-corrected chi connectivity index (χ4v) is 3.38. The SMILES string of the molecule is CCOCC1(C)C=Cc2cc(NC(=O)NC3CCCCC3)ccc2O1. The summed E-state index contributed by atoms with van der Waals surface area (Å²) in [7, 11) is 0. The summed E-state index contributed by atoms with van der Waals surface area (Å²) in [6, 6.07) is 5.88. The Kier molecular flexibility index (Phi) is 5.63. The summed E-state index contributed by atoms with van der Waals surface area (Å²) >= 11 is 0. The van der Waals surface area contributed by atoms with Gasteiger partial charge in [-0.3, -0.25) is 0 Å². The van der Waals surface area contributed by atoms with Crippen molar-refractivity contribution in [2.24, 2.45) is 0 Å². The van der Waals surface area contributed by atoms with E-state index in [1.807, 2.05) is 44.2 Å². The molecule has 1 unspecified atom stereocenters. The zero-order valence-electron chi connectivity index (χ0n) is 15.1. The minimum absolute atomic E-state index is 0.131. The van der Waals surface area contributed by atoms with Gasteiger partial charge >= 0.3 is 6.03 Å². The van der Waals surface area contributed by atoms with Crippen molar-refractivity contribution < 1.29 is 14.3 Å². The zero-order valence-corrected chi connectivity index (χ0v) is 15.1. The van der Waals surface area contributed by atoms with Crippen molar-refractivity contribution in [3.8, 4) is 5.75 Å². The molecular weight excluding hydrogens is 316 g/mol. The number of urea groups is 1. The summed E-state index contributed by atoms with van der Waals surface area (Å²) < 4.78 is 11.6. The number of nitrogens with one attached hydrogen (secondary N) is 2. The van der Waals surface area contributed by atoms with Crippen LogP contribution in [0.15, 0.2) is 24.3 Å². The molecule has 5 heteroatoms. The number of ether oxygens (including phenoxy) is 2. The van der Waals surface area contributed by atoms with Gasteiger partial charge in [0.1, 0.15) is 11.4 Å². The molecule has 1 heterocycles. The maximum Gasteiger partial charge on any atom is 0.319 e. The summed E-state index contributed by atoms with van der Waals surface area (Å²) in [4.78, 5) is 12.2. The maximum atomic E-state index is 12.2. The summed E-state index contributed by atoms with van der Waals surface area (Å²) in [5.41, 5.74) is 1.29. The third kappa shape index (κ3) is 4.75. The van der Waals surface area contributed by atoms with E-state index in [-0.39, 0.29) is 6.03 Å². The minimum Gasteiger partial charge on any atom is -0.480 e. The highest BCUT2D eigenvalue weighted by Crippen LogP contribution is 2.33. The van der Waals surface area contributed by atoms with Gasteiger partial charge in [0, 0.05) is 23.9 Å². The van der Waals surface area contributed by atoms with Gasteiger partial charge in [-0.2, -0.15) is 0 Å². The van der Waals surface area contributed by atoms with Crippen LogP contribution in [-0.4, -0.2) is 30.9 Å². The molecule has 2 amide bonds. The van der Waals surface area contributed by atoms with Crippen LogP contribution in [0.5, 0.6) is 5.75 Å². The number of benzene rings is 1. The number of carbonyl (C=O) groups is 1. The molecule has 3 rings (SSSR count). The van der Waals surface area contributed by atoms with Crippen molar-refractivity contribution in [3.63, 3.8) is 0 Å².